The van der Waals surface area contributed by atoms with E-state index < -0.39 is 12.5 Å². The third-order valence-electron chi connectivity index (χ3n) is 1.13. The molecular formula is C6H9N3O2. The molecule has 0 bridgehead atoms. The monoisotopic (exact) mass is 155 g/mol. The topological polar surface area (TPSA) is 67.2 Å². The Kier molecular flexibility index (Phi) is 2.22. The molecular weight excluding hydrogens is 146 g/mol. The minimum atomic E-state index is -0.505. The van der Waals surface area contributed by atoms with Gasteiger partial charge in [0, 0.05) is 13.2 Å². The first-order valence-electron chi connectivity index (χ1n) is 3.11. The number of hydrogen-bond acceptors (Lipinski definition) is 3. The second-order valence-corrected chi connectivity index (χ2v) is 2.11. The van der Waals surface area contributed by atoms with Gasteiger partial charge in [0.25, 0.3) is 0 Å². The van der Waals surface area contributed by atoms with Crippen LogP contribution in [-0.2, 0) is 11.8 Å². The van der Waals surface area contributed by atoms with Crippen LogP contribution in [0.2, 0.25) is 0 Å². The third-order valence-corrected chi connectivity index (χ3v) is 1.13. The largest absolute Gasteiger partial charge is 0.387 e. The second-order valence-electron chi connectivity index (χ2n) is 2.11. The van der Waals surface area contributed by atoms with E-state index >= 15 is 0 Å². The van der Waals surface area contributed by atoms with Crippen LogP contribution >= 0.6 is 0 Å². The van der Waals surface area contributed by atoms with Crippen molar-refractivity contribution in [2.24, 2.45) is 7.05 Å². The zero-order valence-corrected chi connectivity index (χ0v) is 6.11. The van der Waals surface area contributed by atoms with Gasteiger partial charge in [-0.1, -0.05) is 0 Å². The lowest BCUT2D eigenvalue weighted by molar-refractivity contribution is -0.118. The summed E-state index contributed by atoms with van der Waals surface area (Å²) < 4.78 is 1.56. The normalized spacial score (nSPS) is 9.64. The van der Waals surface area contributed by atoms with E-state index in [9.17, 15) is 4.79 Å². The summed E-state index contributed by atoms with van der Waals surface area (Å²) >= 11 is 0. The average Bonchev–Trinajstić information content (AvgIpc) is 2.35. The van der Waals surface area contributed by atoms with Gasteiger partial charge in [0.1, 0.15) is 6.61 Å². The molecule has 1 rings (SSSR count). The van der Waals surface area contributed by atoms with Crippen molar-refractivity contribution in [2.75, 3.05) is 11.9 Å². The molecule has 0 aliphatic rings. The molecule has 60 valence electrons. The van der Waals surface area contributed by atoms with Gasteiger partial charge in [-0.25, -0.2) is 0 Å². The first-order chi connectivity index (χ1) is 5.22. The van der Waals surface area contributed by atoms with Gasteiger partial charge < -0.3 is 10.4 Å². The fraction of sp³-hybridized carbons (Fsp3) is 0.333. The molecule has 0 aliphatic carbocycles. The number of amides is 1. The summed E-state index contributed by atoms with van der Waals surface area (Å²) in [6, 6.07) is 0. The van der Waals surface area contributed by atoms with Gasteiger partial charge in [0.15, 0.2) is 0 Å². The summed E-state index contributed by atoms with van der Waals surface area (Å²) in [4.78, 5) is 10.6. The van der Waals surface area contributed by atoms with Gasteiger partial charge in [0.05, 0.1) is 11.9 Å². The van der Waals surface area contributed by atoms with Crippen molar-refractivity contribution in [3.05, 3.63) is 12.4 Å². The standard InChI is InChI=1S/C6H9N3O2/c1-9-3-5(2-7-9)8-6(11)4-10/h2-3,10H,4H2,1H3,(H,8,11). The van der Waals surface area contributed by atoms with Crippen molar-refractivity contribution in [1.82, 2.24) is 9.78 Å². The number of aliphatic hydroxyl groups is 1. The van der Waals surface area contributed by atoms with Crippen LogP contribution in [0.25, 0.3) is 0 Å². The molecule has 1 heterocycles. The molecule has 1 aromatic rings. The summed E-state index contributed by atoms with van der Waals surface area (Å²) in [6.45, 7) is -0.505. The molecule has 2 N–H and O–H groups in total. The third kappa shape index (κ3) is 2.05. The Morgan fingerprint density at radius 3 is 3.09 bits per heavy atom. The van der Waals surface area contributed by atoms with Gasteiger partial charge in [-0.3, -0.25) is 9.48 Å². The lowest BCUT2D eigenvalue weighted by Gasteiger charge is -1.95. The number of anilines is 1. The molecule has 0 aromatic carbocycles. The van der Waals surface area contributed by atoms with Crippen LogP contribution in [0, 0.1) is 0 Å². The molecule has 5 nitrogen and oxygen atoms in total. The Morgan fingerprint density at radius 2 is 2.64 bits per heavy atom. The van der Waals surface area contributed by atoms with Crippen molar-refractivity contribution >= 4 is 11.6 Å². The summed E-state index contributed by atoms with van der Waals surface area (Å²) in [5.74, 6) is -0.432. The highest BCUT2D eigenvalue weighted by Gasteiger charge is 1.99. The van der Waals surface area contributed by atoms with Gasteiger partial charge in [-0.15, -0.1) is 0 Å². The van der Waals surface area contributed by atoms with Crippen LogP contribution < -0.4 is 5.32 Å². The maximum Gasteiger partial charge on any atom is 0.250 e. The molecule has 0 fully saturated rings. The molecule has 11 heavy (non-hydrogen) atoms. The van der Waals surface area contributed by atoms with Crippen molar-refractivity contribution in [2.45, 2.75) is 0 Å². The van der Waals surface area contributed by atoms with E-state index in [1.54, 1.807) is 17.9 Å². The van der Waals surface area contributed by atoms with E-state index in [4.69, 9.17) is 5.11 Å². The SMILES string of the molecule is Cn1cc(NC(=O)CO)cn1. The van der Waals surface area contributed by atoms with Gasteiger partial charge >= 0.3 is 0 Å². The van der Waals surface area contributed by atoms with Gasteiger partial charge in [-0.2, -0.15) is 5.10 Å². The summed E-state index contributed by atoms with van der Waals surface area (Å²) in [5.41, 5.74) is 0.589. The van der Waals surface area contributed by atoms with Crippen LogP contribution in [0.15, 0.2) is 12.4 Å². The molecule has 0 saturated carbocycles. The van der Waals surface area contributed by atoms with E-state index in [2.05, 4.69) is 10.4 Å². The van der Waals surface area contributed by atoms with E-state index in [1.165, 1.54) is 6.20 Å². The molecule has 0 aliphatic heterocycles. The van der Waals surface area contributed by atoms with Crippen molar-refractivity contribution < 1.29 is 9.90 Å². The molecule has 0 saturated heterocycles. The maximum absolute atomic E-state index is 10.6. The van der Waals surface area contributed by atoms with Crippen molar-refractivity contribution in [3.8, 4) is 0 Å². The Morgan fingerprint density at radius 1 is 1.91 bits per heavy atom. The van der Waals surface area contributed by atoms with E-state index in [0.717, 1.165) is 0 Å². The van der Waals surface area contributed by atoms with Gasteiger partial charge in [-0.05, 0) is 0 Å². The number of nitrogens with zero attached hydrogens (tertiary/aromatic N) is 2. The number of nitrogens with one attached hydrogen (secondary N) is 1. The van der Waals surface area contributed by atoms with Crippen LogP contribution in [0.5, 0.6) is 0 Å². The summed E-state index contributed by atoms with van der Waals surface area (Å²) in [5, 5.41) is 14.6. The van der Waals surface area contributed by atoms with Crippen LogP contribution in [0.4, 0.5) is 5.69 Å². The number of aryl methyl sites for hydroxylation is 1. The second kappa shape index (κ2) is 3.16. The zero-order chi connectivity index (χ0) is 8.27. The number of carbonyl (C=O) groups excluding carboxylic acids is 1. The molecule has 5 heteroatoms. The number of aromatic nitrogens is 2. The molecule has 1 amide bonds. The highest BCUT2D eigenvalue weighted by atomic mass is 16.3. The van der Waals surface area contributed by atoms with Crippen LogP contribution in [0.1, 0.15) is 0 Å². The zero-order valence-electron chi connectivity index (χ0n) is 6.11. The molecule has 0 spiro atoms. The highest BCUT2D eigenvalue weighted by Crippen LogP contribution is 2.01. The Labute approximate surface area is 63.6 Å². The predicted octanol–water partition coefficient (Wildman–Crippen LogP) is -0.649. The highest BCUT2D eigenvalue weighted by molar-refractivity contribution is 5.91. The van der Waals surface area contributed by atoms with Crippen LogP contribution in [-0.4, -0.2) is 27.4 Å². The fourth-order valence-electron chi connectivity index (χ4n) is 0.686. The van der Waals surface area contributed by atoms with Crippen molar-refractivity contribution in [3.63, 3.8) is 0 Å². The lowest BCUT2D eigenvalue weighted by Crippen LogP contribution is -2.14. The maximum atomic E-state index is 10.6. The molecule has 0 unspecified atom stereocenters. The Hall–Kier alpha value is -1.36. The Balaban J connectivity index is 2.57. The van der Waals surface area contributed by atoms with E-state index in [0.29, 0.717) is 5.69 Å². The number of rotatable bonds is 2. The predicted molar refractivity (Wildman–Crippen MR) is 38.9 cm³/mol. The summed E-state index contributed by atoms with van der Waals surface area (Å²) in [7, 11) is 1.74. The minimum absolute atomic E-state index is 0.432. The smallest absolute Gasteiger partial charge is 0.250 e. The molecule has 1 aromatic heterocycles. The quantitative estimate of drug-likeness (QED) is 0.596. The number of carbonyl (C=O) groups is 1. The fourth-order valence-corrected chi connectivity index (χ4v) is 0.686. The first kappa shape index (κ1) is 7.74. The molecule has 0 radical (unpaired) electrons. The number of aliphatic hydroxyl groups excluding tert-OH is 1. The Bertz CT molecular complexity index is 256. The average molecular weight is 155 g/mol. The van der Waals surface area contributed by atoms with E-state index in [1.807, 2.05) is 0 Å². The van der Waals surface area contributed by atoms with Gasteiger partial charge in [0.2, 0.25) is 5.91 Å². The summed E-state index contributed by atoms with van der Waals surface area (Å²) in [6.07, 6.45) is 3.15. The van der Waals surface area contributed by atoms with Crippen molar-refractivity contribution in [1.29, 1.82) is 0 Å². The first-order valence-corrected chi connectivity index (χ1v) is 3.11. The lowest BCUT2D eigenvalue weighted by atomic mass is 10.5. The minimum Gasteiger partial charge on any atom is -0.387 e. The molecule has 0 atom stereocenters. The van der Waals surface area contributed by atoms with E-state index in [-0.39, 0.29) is 0 Å². The van der Waals surface area contributed by atoms with Crippen LogP contribution in [0.3, 0.4) is 0 Å². The number of hydrogen-bond donors (Lipinski definition) is 2.